The topological polar surface area (TPSA) is 124 Å². The van der Waals surface area contributed by atoms with Gasteiger partial charge in [0.25, 0.3) is 0 Å². The summed E-state index contributed by atoms with van der Waals surface area (Å²) in [6.45, 7) is 5.50. The van der Waals surface area contributed by atoms with Crippen LogP contribution in [0, 0.1) is 18.3 Å². The van der Waals surface area contributed by atoms with Gasteiger partial charge in [-0.25, -0.2) is 4.79 Å². The van der Waals surface area contributed by atoms with Crippen LogP contribution in [0.1, 0.15) is 66.0 Å². The molecule has 0 bridgehead atoms. The molecule has 1 aliphatic carbocycles. The van der Waals surface area contributed by atoms with E-state index < -0.39 is 6.09 Å². The van der Waals surface area contributed by atoms with Crippen LogP contribution in [0.2, 0.25) is 0 Å². The highest BCUT2D eigenvalue weighted by Crippen LogP contribution is 2.39. The predicted molar refractivity (Wildman–Crippen MR) is 183 cm³/mol. The Labute approximate surface area is 281 Å². The molecule has 1 N–H and O–H groups in total. The molecule has 1 amide bonds. The van der Waals surface area contributed by atoms with Gasteiger partial charge in [-0.1, -0.05) is 36.4 Å². The van der Waals surface area contributed by atoms with E-state index in [1.165, 1.54) is 22.9 Å². The first kappa shape index (κ1) is 31.9. The number of hydrogen-bond donors (Lipinski definition) is 1. The van der Waals surface area contributed by atoms with E-state index in [2.05, 4.69) is 52.2 Å². The van der Waals surface area contributed by atoms with E-state index in [-0.39, 0.29) is 25.0 Å². The van der Waals surface area contributed by atoms with Gasteiger partial charge >= 0.3 is 12.1 Å². The van der Waals surface area contributed by atoms with Crippen LogP contribution in [0.25, 0.3) is 10.9 Å². The highest BCUT2D eigenvalue weighted by atomic mass is 16.6. The summed E-state index contributed by atoms with van der Waals surface area (Å²) in [4.78, 5) is 29.7. The lowest BCUT2D eigenvalue weighted by molar-refractivity contribution is 0.0767. The number of fused-ring (bicyclic) bond motifs is 2. The number of piperazine rings is 1. The van der Waals surface area contributed by atoms with Crippen molar-refractivity contribution in [3.8, 4) is 12.1 Å². The average molecular weight is 649 g/mol. The Kier molecular flexibility index (Phi) is 9.43. The second kappa shape index (κ2) is 14.2. The number of ether oxygens (including phenoxy) is 2. The highest BCUT2D eigenvalue weighted by Gasteiger charge is 2.35. The number of aryl methyl sites for hydroxylation is 1. The summed E-state index contributed by atoms with van der Waals surface area (Å²) in [5.74, 6) is 1.15. The number of hydrogen-bond acceptors (Lipinski definition) is 9. The number of aromatic amines is 1. The van der Waals surface area contributed by atoms with Crippen molar-refractivity contribution in [1.29, 1.82) is 5.26 Å². The maximum Gasteiger partial charge on any atom is 0.410 e. The van der Waals surface area contributed by atoms with Crippen LogP contribution in [0.4, 0.5) is 10.6 Å². The van der Waals surface area contributed by atoms with Gasteiger partial charge in [0.15, 0.2) is 0 Å². The molecule has 0 radical (unpaired) electrons. The van der Waals surface area contributed by atoms with Crippen molar-refractivity contribution < 1.29 is 14.3 Å². The van der Waals surface area contributed by atoms with Crippen LogP contribution < -0.4 is 9.64 Å². The number of benzene rings is 2. The molecule has 11 heteroatoms. The first-order valence-electron chi connectivity index (χ1n) is 17.2. The highest BCUT2D eigenvalue weighted by molar-refractivity contribution is 5.83. The number of likely N-dealkylation sites (N-methyl/N-ethyl adjacent to an activating group) is 1. The van der Waals surface area contributed by atoms with E-state index >= 15 is 0 Å². The van der Waals surface area contributed by atoms with Gasteiger partial charge in [-0.05, 0) is 87.7 Å². The number of anilines is 1. The molecule has 0 saturated carbocycles. The minimum atomic E-state index is -0.392. The molecule has 2 aliphatic heterocycles. The van der Waals surface area contributed by atoms with Crippen LogP contribution in [-0.2, 0) is 24.2 Å². The van der Waals surface area contributed by atoms with E-state index in [0.717, 1.165) is 66.8 Å². The molecule has 48 heavy (non-hydrogen) atoms. The fourth-order valence-corrected chi connectivity index (χ4v) is 7.77. The molecular formula is C37H44N8O3. The maximum absolute atomic E-state index is 13.3. The van der Waals surface area contributed by atoms with Crippen LogP contribution in [0.5, 0.6) is 6.01 Å². The standard InChI is InChI=1S/C37H44N8O3/c1-25-13-14-32-31(21-39-42-32)34(25)27-10-6-12-30-33(20-27)40-36(47-24-29-11-7-17-43(29)2)41-35(30)44-18-19-45(28(22-44)15-16-38)37(46)48-23-26-8-4-3-5-9-26/h3-5,8-9,13-14,21,27-29H,6-7,10-12,15,17-20,22-24H2,1-2H3,(H,39,42)/t27?,28-,29?/m0/s1. The zero-order chi connectivity index (χ0) is 33.0. The quantitative estimate of drug-likeness (QED) is 0.245. The lowest BCUT2D eigenvalue weighted by Crippen LogP contribution is -2.55. The summed E-state index contributed by atoms with van der Waals surface area (Å²) < 4.78 is 12.1. The molecule has 7 rings (SSSR count). The van der Waals surface area contributed by atoms with Gasteiger partial charge in [-0.2, -0.15) is 20.3 Å². The molecule has 11 nitrogen and oxygen atoms in total. The number of amides is 1. The Bertz CT molecular complexity index is 1790. The number of carbonyl (C=O) groups is 1. The molecular weight excluding hydrogens is 604 g/mol. The van der Waals surface area contributed by atoms with Crippen LogP contribution in [0.15, 0.2) is 48.7 Å². The minimum absolute atomic E-state index is 0.197. The number of rotatable bonds is 8. The van der Waals surface area contributed by atoms with E-state index in [9.17, 15) is 10.1 Å². The van der Waals surface area contributed by atoms with Crippen molar-refractivity contribution in [2.24, 2.45) is 0 Å². The number of carbonyl (C=O) groups excluding carboxylic acids is 1. The normalized spacial score (nSPS) is 21.5. The first-order chi connectivity index (χ1) is 23.5. The Morgan fingerprint density at radius 2 is 1.94 bits per heavy atom. The zero-order valence-corrected chi connectivity index (χ0v) is 27.9. The van der Waals surface area contributed by atoms with Gasteiger partial charge in [0.2, 0.25) is 0 Å². The monoisotopic (exact) mass is 648 g/mol. The van der Waals surface area contributed by atoms with Crippen LogP contribution in [-0.4, -0.2) is 88.0 Å². The second-order valence-corrected chi connectivity index (χ2v) is 13.5. The summed E-state index contributed by atoms with van der Waals surface area (Å²) >= 11 is 0. The molecule has 2 aromatic carbocycles. The van der Waals surface area contributed by atoms with E-state index in [4.69, 9.17) is 19.4 Å². The second-order valence-electron chi connectivity index (χ2n) is 13.5. The van der Waals surface area contributed by atoms with Gasteiger partial charge in [-0.3, -0.25) is 5.10 Å². The summed E-state index contributed by atoms with van der Waals surface area (Å²) in [5.41, 5.74) is 6.76. The van der Waals surface area contributed by atoms with Gasteiger partial charge in [0, 0.05) is 36.6 Å². The third-order valence-electron chi connectivity index (χ3n) is 10.4. The lowest BCUT2D eigenvalue weighted by Gasteiger charge is -2.41. The van der Waals surface area contributed by atoms with Gasteiger partial charge in [0.1, 0.15) is 19.0 Å². The van der Waals surface area contributed by atoms with Crippen molar-refractivity contribution in [3.63, 3.8) is 0 Å². The summed E-state index contributed by atoms with van der Waals surface area (Å²) in [7, 11) is 2.15. The van der Waals surface area contributed by atoms with Gasteiger partial charge < -0.3 is 24.2 Å². The molecule has 4 heterocycles. The Balaban J connectivity index is 1.17. The lowest BCUT2D eigenvalue weighted by atomic mass is 9.86. The molecule has 0 spiro atoms. The van der Waals surface area contributed by atoms with Crippen molar-refractivity contribution in [1.82, 2.24) is 30.0 Å². The third-order valence-corrected chi connectivity index (χ3v) is 10.4. The van der Waals surface area contributed by atoms with Gasteiger partial charge in [-0.15, -0.1) is 0 Å². The molecule has 4 aromatic rings. The van der Waals surface area contributed by atoms with Crippen molar-refractivity contribution >= 4 is 22.8 Å². The molecule has 3 atom stereocenters. The summed E-state index contributed by atoms with van der Waals surface area (Å²) in [6, 6.07) is 16.7. The van der Waals surface area contributed by atoms with Crippen molar-refractivity contribution in [2.75, 3.05) is 44.7 Å². The van der Waals surface area contributed by atoms with Crippen molar-refractivity contribution in [3.05, 3.63) is 76.6 Å². The van der Waals surface area contributed by atoms with Gasteiger partial charge in [0.05, 0.1) is 35.9 Å². The molecule has 2 unspecified atom stereocenters. The number of H-pyrrole nitrogens is 1. The SMILES string of the molecule is Cc1ccc2[nH]ncc2c1C1CCCc2c(nc(OCC3CCCN3C)nc2N2CCN(C(=O)OCc3ccccc3)[C@@H](CC#N)C2)C1. The van der Waals surface area contributed by atoms with Crippen LogP contribution >= 0.6 is 0 Å². The third kappa shape index (κ3) is 6.67. The minimum Gasteiger partial charge on any atom is -0.462 e. The number of nitrogens with one attached hydrogen (secondary N) is 1. The number of likely N-dealkylation sites (tertiary alicyclic amines) is 1. The number of aromatic nitrogens is 4. The molecule has 2 aromatic heterocycles. The molecule has 3 aliphatic rings. The van der Waals surface area contributed by atoms with Crippen LogP contribution in [0.3, 0.4) is 0 Å². The van der Waals surface area contributed by atoms with Crippen molar-refractivity contribution in [2.45, 2.75) is 76.5 Å². The summed E-state index contributed by atoms with van der Waals surface area (Å²) in [6.07, 6.45) is 7.70. The molecule has 2 fully saturated rings. The summed E-state index contributed by atoms with van der Waals surface area (Å²) in [5, 5.41) is 18.4. The fraction of sp³-hybridized carbons (Fsp3) is 0.486. The number of nitriles is 1. The smallest absolute Gasteiger partial charge is 0.410 e. The van der Waals surface area contributed by atoms with E-state index in [0.29, 0.717) is 38.3 Å². The largest absolute Gasteiger partial charge is 0.462 e. The Morgan fingerprint density at radius 3 is 2.75 bits per heavy atom. The van der Waals surface area contributed by atoms with E-state index in [1.807, 2.05) is 36.5 Å². The zero-order valence-electron chi connectivity index (χ0n) is 27.9. The predicted octanol–water partition coefficient (Wildman–Crippen LogP) is 5.54. The first-order valence-corrected chi connectivity index (χ1v) is 17.2. The average Bonchev–Trinajstić information content (AvgIpc) is 3.69. The van der Waals surface area contributed by atoms with E-state index in [1.54, 1.807) is 4.90 Å². The molecule has 2 saturated heterocycles. The fourth-order valence-electron chi connectivity index (χ4n) is 7.77. The molecule has 250 valence electrons. The number of nitrogens with zero attached hydrogens (tertiary/aromatic N) is 7. The maximum atomic E-state index is 13.3. The Hall–Kier alpha value is -4.69. The Morgan fingerprint density at radius 1 is 1.06 bits per heavy atom.